The zero-order valence-corrected chi connectivity index (χ0v) is 18.1. The van der Waals surface area contributed by atoms with E-state index < -0.39 is 0 Å². The first-order chi connectivity index (χ1) is 13.2. The Labute approximate surface area is 169 Å². The topological polar surface area (TPSA) is 23.8 Å². The third-order valence-electron chi connectivity index (χ3n) is 8.45. The maximum atomic E-state index is 10.1. The van der Waals surface area contributed by atoms with Crippen molar-refractivity contribution in [2.45, 2.75) is 117 Å². The highest BCUT2D eigenvalue weighted by atomic mass is 14.5. The van der Waals surface area contributed by atoms with Crippen LogP contribution in [0, 0.1) is 40.4 Å². The quantitative estimate of drug-likeness (QED) is 0.415. The van der Waals surface area contributed by atoms with Crippen molar-refractivity contribution in [3.63, 3.8) is 0 Å². The summed E-state index contributed by atoms with van der Waals surface area (Å²) in [5.74, 6) is 3.78. The van der Waals surface area contributed by atoms with Gasteiger partial charge in [-0.15, -0.1) is 0 Å². The zero-order valence-electron chi connectivity index (χ0n) is 18.1. The molecule has 2 saturated carbocycles. The van der Waals surface area contributed by atoms with E-state index in [1.807, 2.05) is 0 Å². The second-order valence-corrected chi connectivity index (χ2v) is 10.1. The zero-order chi connectivity index (χ0) is 19.1. The van der Waals surface area contributed by atoms with Crippen LogP contribution in [0.4, 0.5) is 0 Å². The van der Waals surface area contributed by atoms with E-state index in [-0.39, 0.29) is 5.41 Å². The average molecular weight is 370 g/mol. The van der Waals surface area contributed by atoms with Gasteiger partial charge in [-0.1, -0.05) is 70.4 Å². The average Bonchev–Trinajstić information content (AvgIpc) is 2.73. The van der Waals surface area contributed by atoms with Gasteiger partial charge in [-0.3, -0.25) is 0 Å². The highest BCUT2D eigenvalue weighted by Gasteiger charge is 2.41. The van der Waals surface area contributed by atoms with Gasteiger partial charge in [0.05, 0.1) is 11.5 Å². The van der Waals surface area contributed by atoms with Gasteiger partial charge in [0, 0.05) is 0 Å². The molecule has 0 radical (unpaired) electrons. The monoisotopic (exact) mass is 369 g/mol. The summed E-state index contributed by atoms with van der Waals surface area (Å²) in [6, 6.07) is 2.82. The molecule has 0 bridgehead atoms. The predicted octanol–water partition coefficient (Wildman–Crippen LogP) is 8.21. The molecular weight excluding hydrogens is 326 g/mol. The Bertz CT molecular complexity index is 509. The summed E-state index contributed by atoms with van der Waals surface area (Å²) in [5, 5.41) is 10.1. The second-order valence-electron chi connectivity index (χ2n) is 10.1. The van der Waals surface area contributed by atoms with Crippen LogP contribution in [0.2, 0.25) is 0 Å². The van der Waals surface area contributed by atoms with Crippen molar-refractivity contribution in [3.05, 3.63) is 11.6 Å². The van der Waals surface area contributed by atoms with Gasteiger partial charge in [0.25, 0.3) is 0 Å². The van der Waals surface area contributed by atoms with Crippen molar-refractivity contribution >= 4 is 0 Å². The van der Waals surface area contributed by atoms with Crippen LogP contribution in [0.15, 0.2) is 11.6 Å². The Morgan fingerprint density at radius 2 is 1.59 bits per heavy atom. The molecule has 3 aliphatic carbocycles. The number of nitriles is 1. The molecule has 1 heteroatoms. The molecule has 0 heterocycles. The van der Waals surface area contributed by atoms with Crippen molar-refractivity contribution < 1.29 is 0 Å². The van der Waals surface area contributed by atoms with Gasteiger partial charge < -0.3 is 0 Å². The van der Waals surface area contributed by atoms with Gasteiger partial charge in [-0.25, -0.2) is 0 Å². The van der Waals surface area contributed by atoms with Crippen molar-refractivity contribution in [2.24, 2.45) is 29.1 Å². The maximum absolute atomic E-state index is 10.1. The molecule has 0 amide bonds. The first-order valence-corrected chi connectivity index (χ1v) is 12.3. The number of unbranched alkanes of at least 4 members (excludes halogenated alkanes) is 1. The van der Waals surface area contributed by atoms with Crippen molar-refractivity contribution in [3.8, 4) is 6.07 Å². The molecule has 0 spiro atoms. The fourth-order valence-corrected chi connectivity index (χ4v) is 6.54. The van der Waals surface area contributed by atoms with Gasteiger partial charge in [0.2, 0.25) is 0 Å². The van der Waals surface area contributed by atoms with Gasteiger partial charge in [-0.2, -0.15) is 5.26 Å². The Hall–Kier alpha value is -0.770. The number of nitrogens with zero attached hydrogens (tertiary/aromatic N) is 1. The minimum absolute atomic E-state index is 0.0916. The molecule has 152 valence electrons. The van der Waals surface area contributed by atoms with Gasteiger partial charge in [0.1, 0.15) is 0 Å². The van der Waals surface area contributed by atoms with Crippen LogP contribution >= 0.6 is 0 Å². The fraction of sp³-hybridized carbons (Fsp3) is 0.885. The third-order valence-corrected chi connectivity index (χ3v) is 8.45. The smallest absolute Gasteiger partial charge is 0.0782 e. The van der Waals surface area contributed by atoms with Crippen molar-refractivity contribution in [2.75, 3.05) is 0 Å². The Morgan fingerprint density at radius 3 is 2.15 bits per heavy atom. The molecule has 1 atom stereocenters. The fourth-order valence-electron chi connectivity index (χ4n) is 6.54. The summed E-state index contributed by atoms with van der Waals surface area (Å²) < 4.78 is 0. The Balaban J connectivity index is 1.51. The van der Waals surface area contributed by atoms with Gasteiger partial charge >= 0.3 is 0 Å². The summed E-state index contributed by atoms with van der Waals surface area (Å²) in [4.78, 5) is 0. The lowest BCUT2D eigenvalue weighted by molar-refractivity contribution is 0.131. The van der Waals surface area contributed by atoms with Crippen LogP contribution in [-0.2, 0) is 0 Å². The van der Waals surface area contributed by atoms with E-state index >= 15 is 0 Å². The number of hydrogen-bond acceptors (Lipinski definition) is 1. The maximum Gasteiger partial charge on any atom is 0.0782 e. The molecular formula is C26H43N. The minimum atomic E-state index is -0.0916. The van der Waals surface area contributed by atoms with Crippen molar-refractivity contribution in [1.82, 2.24) is 0 Å². The number of allylic oxidation sites excluding steroid dienone is 2. The van der Waals surface area contributed by atoms with Crippen LogP contribution in [0.3, 0.4) is 0 Å². The van der Waals surface area contributed by atoms with Crippen LogP contribution in [0.25, 0.3) is 0 Å². The molecule has 0 saturated heterocycles. The highest BCUT2D eigenvalue weighted by Crippen LogP contribution is 2.51. The Kier molecular flexibility index (Phi) is 7.86. The molecule has 3 aliphatic rings. The first-order valence-electron chi connectivity index (χ1n) is 12.3. The third kappa shape index (κ3) is 5.19. The van der Waals surface area contributed by atoms with Gasteiger partial charge in [-0.05, 0) is 81.5 Å². The van der Waals surface area contributed by atoms with E-state index in [2.05, 4.69) is 26.0 Å². The van der Waals surface area contributed by atoms with E-state index in [4.69, 9.17) is 0 Å². The van der Waals surface area contributed by atoms with Crippen LogP contribution < -0.4 is 0 Å². The van der Waals surface area contributed by atoms with Crippen LogP contribution in [0.1, 0.15) is 117 Å². The lowest BCUT2D eigenvalue weighted by Gasteiger charge is -2.42. The lowest BCUT2D eigenvalue weighted by atomic mass is 9.61. The molecule has 0 N–H and O–H groups in total. The van der Waals surface area contributed by atoms with Crippen molar-refractivity contribution in [1.29, 1.82) is 5.26 Å². The normalized spacial score (nSPS) is 37.4. The SMILES string of the molecule is CCCC[C@H]1CC=C([C@]2(C#N)CC[C@@H](C3CCC(CCC)CC3)CC2)CC1. The van der Waals surface area contributed by atoms with E-state index in [0.29, 0.717) is 0 Å². The van der Waals surface area contributed by atoms with Crippen LogP contribution in [0.5, 0.6) is 0 Å². The Morgan fingerprint density at radius 1 is 0.889 bits per heavy atom. The number of rotatable bonds is 7. The van der Waals surface area contributed by atoms with Gasteiger partial charge in [0.15, 0.2) is 0 Å². The molecule has 0 aliphatic heterocycles. The molecule has 0 aromatic rings. The van der Waals surface area contributed by atoms with Crippen LogP contribution in [-0.4, -0.2) is 0 Å². The highest BCUT2D eigenvalue weighted by molar-refractivity contribution is 5.26. The number of hydrogen-bond donors (Lipinski definition) is 0. The summed E-state index contributed by atoms with van der Waals surface area (Å²) in [6.45, 7) is 4.63. The lowest BCUT2D eigenvalue weighted by Crippen LogP contribution is -2.33. The van der Waals surface area contributed by atoms with E-state index in [0.717, 1.165) is 36.5 Å². The summed E-state index contributed by atoms with van der Waals surface area (Å²) in [5.41, 5.74) is 1.44. The molecule has 3 rings (SSSR count). The molecule has 0 unspecified atom stereocenters. The van der Waals surface area contributed by atoms with E-state index in [1.54, 1.807) is 0 Å². The van der Waals surface area contributed by atoms with E-state index in [9.17, 15) is 5.26 Å². The summed E-state index contributed by atoms with van der Waals surface area (Å²) in [7, 11) is 0. The standard InChI is InChI=1S/C26H43N/c1-3-5-7-22-10-14-25(15-11-22)26(20-27)18-16-24(17-19-26)23-12-8-21(6-4-2)9-13-23/h14,21-24H,3-13,15-19H2,1-2H3/t21?,22-,23?,24-,26-/m0/s1. The first kappa shape index (κ1) is 21.0. The molecule has 2 fully saturated rings. The predicted molar refractivity (Wildman–Crippen MR) is 115 cm³/mol. The minimum Gasteiger partial charge on any atom is -0.197 e. The summed E-state index contributed by atoms with van der Waals surface area (Å²) >= 11 is 0. The second kappa shape index (κ2) is 10.1. The molecule has 0 aromatic carbocycles. The van der Waals surface area contributed by atoms with E-state index in [1.165, 1.54) is 95.5 Å². The molecule has 1 nitrogen and oxygen atoms in total. The molecule has 27 heavy (non-hydrogen) atoms. The largest absolute Gasteiger partial charge is 0.197 e. The summed E-state index contributed by atoms with van der Waals surface area (Å²) in [6.07, 6.45) is 24.0. The molecule has 0 aromatic heterocycles.